The number of aryl methyl sites for hydroxylation is 1. The lowest BCUT2D eigenvalue weighted by molar-refractivity contribution is -0.0500. The highest BCUT2D eigenvalue weighted by Gasteiger charge is 2.48. The van der Waals surface area contributed by atoms with Gasteiger partial charge in [0.15, 0.2) is 0 Å². The Morgan fingerprint density at radius 1 is 0.852 bits per heavy atom. The molecule has 0 amide bonds. The van der Waals surface area contributed by atoms with Crippen molar-refractivity contribution in [1.29, 1.82) is 0 Å². The van der Waals surface area contributed by atoms with Crippen LogP contribution in [-0.2, 0) is 22.7 Å². The molecule has 0 unspecified atom stereocenters. The van der Waals surface area contributed by atoms with Crippen LogP contribution in [0.5, 0.6) is 11.5 Å². The summed E-state index contributed by atoms with van der Waals surface area (Å²) in [5.41, 5.74) is -4.62. The van der Waals surface area contributed by atoms with Gasteiger partial charge in [-0.05, 0) is 76.7 Å². The molecule has 0 radical (unpaired) electrons. The molecule has 0 aliphatic heterocycles. The summed E-state index contributed by atoms with van der Waals surface area (Å²) in [6, 6.07) is 13.0. The molecule has 0 aliphatic rings. The summed E-state index contributed by atoms with van der Waals surface area (Å²) in [5.74, 6) is -0.0390. The molecule has 2 aromatic carbocycles. The van der Waals surface area contributed by atoms with Crippen molar-refractivity contribution in [2.75, 3.05) is 0 Å². The van der Waals surface area contributed by atoms with Crippen molar-refractivity contribution < 1.29 is 30.5 Å². The molecule has 0 N–H and O–H groups in total. The number of hydrogen-bond donors (Lipinski definition) is 0. The molecule has 0 bridgehead atoms. The molecule has 0 heterocycles. The van der Waals surface area contributed by atoms with E-state index in [-0.39, 0.29) is 0 Å². The quantitative estimate of drug-likeness (QED) is 0.416. The Balaban J connectivity index is 0.000000377. The van der Waals surface area contributed by atoms with E-state index in [1.54, 1.807) is 20.8 Å². The van der Waals surface area contributed by atoms with Gasteiger partial charge in [-0.25, -0.2) is 0 Å². The lowest BCUT2D eigenvalue weighted by Crippen LogP contribution is -2.28. The fourth-order valence-electron chi connectivity index (χ4n) is 1.64. The van der Waals surface area contributed by atoms with Gasteiger partial charge in [-0.2, -0.15) is 21.6 Å². The van der Waals surface area contributed by atoms with Crippen molar-refractivity contribution in [2.45, 2.75) is 43.7 Å². The molecule has 0 saturated heterocycles. The van der Waals surface area contributed by atoms with Crippen molar-refractivity contribution in [1.82, 2.24) is 0 Å². The minimum absolute atomic E-state index is 0.393. The zero-order valence-electron chi connectivity index (χ0n) is 15.3. The van der Waals surface area contributed by atoms with Crippen LogP contribution in [0.4, 0.5) is 13.2 Å². The number of ether oxygens (including phenoxy) is 1. The topological polar surface area (TPSA) is 52.6 Å². The third-order valence-corrected chi connectivity index (χ3v) is 4.10. The van der Waals surface area contributed by atoms with Crippen LogP contribution in [0.2, 0.25) is 0 Å². The van der Waals surface area contributed by atoms with Gasteiger partial charge in [-0.3, -0.25) is 0 Å². The monoisotopic (exact) mass is 423 g/mol. The summed E-state index contributed by atoms with van der Waals surface area (Å²) < 4.78 is 67.1. The molecule has 0 aliphatic carbocycles. The van der Waals surface area contributed by atoms with E-state index in [0.29, 0.717) is 5.75 Å². The van der Waals surface area contributed by atoms with Gasteiger partial charge in [-0.1, -0.05) is 17.7 Å². The van der Waals surface area contributed by atoms with Gasteiger partial charge in [0.25, 0.3) is 0 Å². The van der Waals surface area contributed by atoms with E-state index in [2.05, 4.69) is 35.9 Å². The van der Waals surface area contributed by atoms with E-state index in [1.165, 1.54) is 17.7 Å². The van der Waals surface area contributed by atoms with Crippen molar-refractivity contribution in [2.24, 2.45) is 0 Å². The average molecular weight is 423 g/mol. The van der Waals surface area contributed by atoms with Gasteiger partial charge >= 0.3 is 15.6 Å². The highest BCUT2D eigenvalue weighted by molar-refractivity contribution is 7.88. The molecule has 2 rings (SSSR count). The molecular weight excluding hydrogens is 401 g/mol. The van der Waals surface area contributed by atoms with Crippen LogP contribution in [0.25, 0.3) is 0 Å². The molecule has 0 saturated carbocycles. The van der Waals surface area contributed by atoms with Crippen LogP contribution >= 0.6 is 0 Å². The van der Waals surface area contributed by atoms with Crippen molar-refractivity contribution in [3.63, 3.8) is 0 Å². The fraction of sp³-hybridized carbons (Fsp3) is 0.333. The van der Waals surface area contributed by atoms with E-state index in [4.69, 9.17) is 4.74 Å². The molecule has 27 heavy (non-hydrogen) atoms. The Morgan fingerprint density at radius 3 is 1.67 bits per heavy atom. The van der Waals surface area contributed by atoms with Crippen LogP contribution in [0, 0.1) is 6.92 Å². The molecule has 150 valence electrons. The summed E-state index contributed by atoms with van der Waals surface area (Å²) >= 11 is 3.39. The van der Waals surface area contributed by atoms with Crippen LogP contribution in [0.1, 0.15) is 26.3 Å². The number of rotatable bonds is 3. The van der Waals surface area contributed by atoms with Crippen LogP contribution in [0.3, 0.4) is 0 Å². The first kappa shape index (κ1) is 23.2. The maximum Gasteiger partial charge on any atom is 0.534 e. The summed E-state index contributed by atoms with van der Waals surface area (Å²) in [7, 11) is -5.64. The molecule has 0 aromatic heterocycles. The molecule has 0 spiro atoms. The Labute approximate surface area is 162 Å². The molecule has 0 atom stereocenters. The van der Waals surface area contributed by atoms with Gasteiger partial charge in [0, 0.05) is 0 Å². The van der Waals surface area contributed by atoms with Crippen LogP contribution in [0.15, 0.2) is 53.4 Å². The summed E-state index contributed by atoms with van der Waals surface area (Å²) in [4.78, 5) is 1.13. The largest absolute Gasteiger partial charge is 0.534 e. The van der Waals surface area contributed by atoms with Crippen molar-refractivity contribution in [3.8, 4) is 11.5 Å². The lowest BCUT2D eigenvalue weighted by atomic mass is 10.2. The third kappa shape index (κ3) is 8.57. The van der Waals surface area contributed by atoms with Gasteiger partial charge in [0.2, 0.25) is 0 Å². The maximum atomic E-state index is 12.1. The fourth-order valence-corrected chi connectivity index (χ4v) is 2.27. The lowest BCUT2D eigenvalue weighted by Gasteiger charge is -2.21. The molecule has 4 nitrogen and oxygen atoms in total. The zero-order valence-corrected chi connectivity index (χ0v) is 17.1. The highest BCUT2D eigenvalue weighted by atomic mass is 32.2. The van der Waals surface area contributed by atoms with E-state index in [1.807, 2.05) is 12.1 Å². The summed E-state index contributed by atoms with van der Waals surface area (Å²) in [6.07, 6.45) is 0. The number of halogens is 3. The molecular formula is C18H22F3O4S2+. The first-order valence-electron chi connectivity index (χ1n) is 7.78. The van der Waals surface area contributed by atoms with E-state index in [9.17, 15) is 21.6 Å². The van der Waals surface area contributed by atoms with Crippen LogP contribution in [-0.4, -0.2) is 19.5 Å². The minimum atomic E-state index is -5.64. The summed E-state index contributed by atoms with van der Waals surface area (Å²) in [5, 5.41) is 0. The Morgan fingerprint density at radius 2 is 1.30 bits per heavy atom. The Bertz CT molecular complexity index is 802. The van der Waals surface area contributed by atoms with Crippen LogP contribution < -0.4 is 8.92 Å². The second-order valence-electron chi connectivity index (χ2n) is 6.54. The Hall–Kier alpha value is -1.87. The predicted octanol–water partition coefficient (Wildman–Crippen LogP) is 4.46. The van der Waals surface area contributed by atoms with Gasteiger partial charge in [0.05, 0.1) is 0 Å². The number of alkyl halides is 3. The third-order valence-electron chi connectivity index (χ3n) is 2.79. The number of hydrogen-bond acceptors (Lipinski definition) is 4. The second-order valence-corrected chi connectivity index (χ2v) is 8.65. The van der Waals surface area contributed by atoms with Gasteiger partial charge < -0.3 is 8.92 Å². The first-order chi connectivity index (χ1) is 12.2. The normalized spacial score (nSPS) is 12.0. The highest BCUT2D eigenvalue weighted by Crippen LogP contribution is 2.28. The molecule has 0 fully saturated rings. The first-order valence-corrected chi connectivity index (χ1v) is 9.68. The summed E-state index contributed by atoms with van der Waals surface area (Å²) in [6.45, 7) is 7.47. The minimum Gasteiger partial charge on any atom is -0.488 e. The maximum absolute atomic E-state index is 12.1. The van der Waals surface area contributed by atoms with Gasteiger partial charge in [0.1, 0.15) is 22.0 Å². The average Bonchev–Trinajstić information content (AvgIpc) is 2.50. The zero-order chi connectivity index (χ0) is 20.9. The molecule has 2 aromatic rings. The molecule has 9 heteroatoms. The van der Waals surface area contributed by atoms with Crippen molar-refractivity contribution >= 4 is 22.7 Å². The predicted molar refractivity (Wildman–Crippen MR) is 102 cm³/mol. The van der Waals surface area contributed by atoms with E-state index in [0.717, 1.165) is 17.0 Å². The smallest absolute Gasteiger partial charge is 0.488 e. The van der Waals surface area contributed by atoms with Crippen molar-refractivity contribution in [3.05, 3.63) is 54.1 Å². The van der Waals surface area contributed by atoms with Gasteiger partial charge in [-0.15, -0.1) is 0 Å². The SMILES string of the molecule is CC(C)(C)Oc1ccc(OS(=O)(=O)C(F)(F)F)cc1.Cc1ccc([SH2+])cc1. The number of benzene rings is 2. The van der Waals surface area contributed by atoms with E-state index < -0.39 is 27.0 Å². The Kier molecular flexibility index (Phi) is 7.62. The second kappa shape index (κ2) is 8.88. The standard InChI is InChI=1S/C11H13F3O4S.C7H8S/c1-10(2,3)17-8-4-6-9(7-5-8)18-19(15,16)11(12,13)14;1-6-2-4-7(8)5-3-6/h4-7H,1-3H3;2-5,8H,1H3/p+1. The van der Waals surface area contributed by atoms with E-state index >= 15 is 0 Å².